The molecule has 2 amide bonds. The van der Waals surface area contributed by atoms with Gasteiger partial charge < -0.3 is 33.6 Å². The number of carbonyl (C=O) groups excluding carboxylic acids is 2. The van der Waals surface area contributed by atoms with Crippen LogP contribution in [0.3, 0.4) is 0 Å². The minimum atomic E-state index is -5.08. The predicted molar refractivity (Wildman–Crippen MR) is 403 cm³/mol. The molecule has 8 atom stereocenters. The van der Waals surface area contributed by atoms with E-state index in [1.54, 1.807) is 31.0 Å². The maximum atomic E-state index is 13.9. The van der Waals surface area contributed by atoms with E-state index >= 15 is 0 Å². The van der Waals surface area contributed by atoms with Gasteiger partial charge in [0.15, 0.2) is 27.9 Å². The van der Waals surface area contributed by atoms with Gasteiger partial charge in [-0.15, -0.1) is 0 Å². The Bertz CT molecular complexity index is 4310. The number of hydrogen-bond acceptors (Lipinski definition) is 18. The summed E-state index contributed by atoms with van der Waals surface area (Å²) < 4.78 is 102. The number of rotatable bonds is 14. The summed E-state index contributed by atoms with van der Waals surface area (Å²) in [5.74, 6) is -1.28. The monoisotopic (exact) mass is 1570 g/mol. The number of fused-ring (bicyclic) bond motifs is 2. The number of aliphatic carboxylic acids is 1. The first kappa shape index (κ1) is 83.0. The molecule has 6 aromatic rings. The van der Waals surface area contributed by atoms with E-state index in [-0.39, 0.29) is 80.5 Å². The van der Waals surface area contributed by atoms with Gasteiger partial charge in [-0.25, -0.2) is 40.6 Å². The maximum Gasteiger partial charge on any atom is 0.490 e. The van der Waals surface area contributed by atoms with Gasteiger partial charge >= 0.3 is 12.1 Å². The van der Waals surface area contributed by atoms with Crippen LogP contribution in [0.15, 0.2) is 60.9 Å². The molecule has 1 aliphatic carbocycles. The Morgan fingerprint density at radius 2 is 0.962 bits per heavy atom. The number of aromatic nitrogens is 6. The second kappa shape index (κ2) is 32.8. The van der Waals surface area contributed by atoms with Crippen molar-refractivity contribution in [1.29, 1.82) is 15.8 Å². The molecule has 34 heteroatoms. The summed E-state index contributed by atoms with van der Waals surface area (Å²) in [6, 6.07) is 19.5. The summed E-state index contributed by atoms with van der Waals surface area (Å²) in [6.45, 7) is 31.4. The molecule has 2 aromatic carbocycles. The molecule has 0 unspecified atom stereocenters. The van der Waals surface area contributed by atoms with E-state index in [0.717, 1.165) is 67.4 Å². The van der Waals surface area contributed by atoms with Gasteiger partial charge in [0, 0.05) is 90.9 Å². The van der Waals surface area contributed by atoms with Gasteiger partial charge in [0.2, 0.25) is 20.0 Å². The van der Waals surface area contributed by atoms with Gasteiger partial charge in [0.05, 0.1) is 101 Å². The quantitative estimate of drug-likeness (QED) is 0.0853. The standard InChI is InChI=1S/2C31H42ClN7O4SSi.C7H11N.C2HF3O2/c2*1-20-17-39-28(34-29(20)37-18-21(16-33)27(19-37)43-45(6,7)31(2,3)4)15-25(35-39)26-10-8-9-13-38(26)30(40)23-14-22(32)11-12-24(23)36-44(5,41)42;1-6-3-2-4-7(6)5-8;3-2(4,5)1(6)7/h2*11-12,14-15,17,21,26-27,36H,8-10,13,18-19H2,1-7H3;6-7H,2-4H2,1H3;(H,6,7)/t21-,26+,27+;21-,26-,27+;6-,7-;/m100./s1. The third kappa shape index (κ3) is 20.6. The predicted octanol–water partition coefficient (Wildman–Crippen LogP) is 14.1. The number of likely N-dealkylation sites (tertiary alicyclic amines) is 2. The smallest absolute Gasteiger partial charge is 0.475 e. The van der Waals surface area contributed by atoms with Gasteiger partial charge in [0.25, 0.3) is 11.8 Å². The highest BCUT2D eigenvalue weighted by Gasteiger charge is 2.47. The van der Waals surface area contributed by atoms with Crippen LogP contribution in [-0.2, 0) is 33.7 Å². The summed E-state index contributed by atoms with van der Waals surface area (Å²) in [7, 11) is -11.4. The Morgan fingerprint density at radius 3 is 1.27 bits per heavy atom. The molecule has 8 heterocycles. The van der Waals surface area contributed by atoms with Crippen molar-refractivity contribution in [3.8, 4) is 18.2 Å². The number of nitrogens with zero attached hydrogens (tertiary/aromatic N) is 13. The molecule has 0 bridgehead atoms. The summed E-state index contributed by atoms with van der Waals surface area (Å²) in [5, 5.41) is 46.0. The largest absolute Gasteiger partial charge is 0.490 e. The SMILES string of the molecule is C[C@H]1CCC[C@H]1C#N.Cc1cn2nc([C@@H]3CCCCN3C(=O)c3cc(Cl)ccc3NS(C)(=O)=O)cc2nc1N1C[C@@H](C#N)[C@@H](O[Si](C)(C)C(C)(C)C)C1.Cc1cn2nc([C@@H]3CCCCN3C(=O)c3cc(Cl)ccc3NS(C)(=O)=O)cc2nc1N1C[C@H](C#N)[C@H](O[Si](C)(C)C(C)(C)C)C1.O=C(O)C(F)(F)F. The first-order valence-corrected chi connectivity index (χ1v) is 45.3. The van der Waals surface area contributed by atoms with Crippen molar-refractivity contribution in [2.75, 3.05) is 71.0 Å². The lowest BCUT2D eigenvalue weighted by Crippen LogP contribution is -2.45. The molecule has 570 valence electrons. The number of aryl methyl sites for hydroxylation is 2. The average molecular weight is 1570 g/mol. The molecule has 0 spiro atoms. The molecule has 4 aromatic heterocycles. The lowest BCUT2D eigenvalue weighted by atomic mass is 9.98. The van der Waals surface area contributed by atoms with Crippen LogP contribution in [0.1, 0.15) is 162 Å². The Balaban J connectivity index is 0.000000221. The number of nitriles is 3. The fourth-order valence-corrected chi connectivity index (χ4v) is 17.3. The lowest BCUT2D eigenvalue weighted by molar-refractivity contribution is -0.192. The number of sulfonamides is 2. The highest BCUT2D eigenvalue weighted by atomic mass is 35.5. The van der Waals surface area contributed by atoms with Crippen LogP contribution in [0.2, 0.25) is 46.3 Å². The number of halogens is 5. The number of carboxylic acids is 1. The molecule has 5 aliphatic rings. The van der Waals surface area contributed by atoms with E-state index in [0.29, 0.717) is 96.7 Å². The molecule has 4 aliphatic heterocycles. The summed E-state index contributed by atoms with van der Waals surface area (Å²) in [6.07, 6.45) is 9.05. The zero-order valence-corrected chi connectivity index (χ0v) is 67.3. The van der Waals surface area contributed by atoms with Crippen molar-refractivity contribution in [3.05, 3.63) is 105 Å². The number of carbonyl (C=O) groups is 3. The minimum Gasteiger partial charge on any atom is -0.475 e. The van der Waals surface area contributed by atoms with E-state index in [9.17, 15) is 50.1 Å². The highest BCUT2D eigenvalue weighted by Crippen LogP contribution is 2.43. The summed E-state index contributed by atoms with van der Waals surface area (Å²) >= 11 is 12.5. The molecule has 1 saturated carbocycles. The van der Waals surface area contributed by atoms with E-state index in [4.69, 9.17) is 67.4 Å². The third-order valence-electron chi connectivity index (χ3n) is 20.7. The molecule has 0 radical (unpaired) electrons. The molecule has 105 heavy (non-hydrogen) atoms. The second-order valence-electron chi connectivity index (χ2n) is 30.9. The number of amides is 2. The van der Waals surface area contributed by atoms with Crippen LogP contribution in [-0.4, -0.2) is 166 Å². The van der Waals surface area contributed by atoms with Gasteiger partial charge in [0.1, 0.15) is 11.6 Å². The van der Waals surface area contributed by atoms with Crippen molar-refractivity contribution >= 4 is 112 Å². The average Bonchev–Trinajstić information content (AvgIpc) is 1.65. The van der Waals surface area contributed by atoms with Gasteiger partial charge in [-0.2, -0.15) is 39.2 Å². The topological polar surface area (TPSA) is 327 Å². The zero-order valence-electron chi connectivity index (χ0n) is 62.1. The number of benzene rings is 2. The van der Waals surface area contributed by atoms with Crippen LogP contribution in [0.5, 0.6) is 0 Å². The zero-order chi connectivity index (χ0) is 77.9. The molecule has 25 nitrogen and oxygen atoms in total. The fraction of sp³-hybridized carbons (Fsp3) is 0.577. The first-order chi connectivity index (χ1) is 48.7. The number of anilines is 4. The fourth-order valence-electron chi connectivity index (χ4n) is 13.1. The van der Waals surface area contributed by atoms with Crippen LogP contribution in [0.25, 0.3) is 11.3 Å². The number of alkyl halides is 3. The third-order valence-corrected chi connectivity index (χ3v) is 31.4. The van der Waals surface area contributed by atoms with E-state index in [2.05, 4.69) is 112 Å². The highest BCUT2D eigenvalue weighted by molar-refractivity contribution is 7.92. The number of nitrogens with one attached hydrogen (secondary N) is 2. The molecular formula is C71H96Cl2F3N15O10S2Si2. The van der Waals surface area contributed by atoms with E-state index in [1.165, 1.54) is 37.1 Å². The van der Waals surface area contributed by atoms with Crippen LogP contribution < -0.4 is 19.2 Å². The lowest BCUT2D eigenvalue weighted by Gasteiger charge is -2.38. The number of piperidine rings is 2. The van der Waals surface area contributed by atoms with Gasteiger partial charge in [-0.3, -0.25) is 19.0 Å². The molecule has 11 rings (SSSR count). The van der Waals surface area contributed by atoms with Crippen LogP contribution in [0, 0.1) is 71.5 Å². The van der Waals surface area contributed by atoms with Crippen molar-refractivity contribution in [2.24, 2.45) is 23.7 Å². The summed E-state index contributed by atoms with van der Waals surface area (Å²) in [4.78, 5) is 54.5. The summed E-state index contributed by atoms with van der Waals surface area (Å²) in [5.41, 5.74) is 5.31. The minimum absolute atomic E-state index is 0.0362. The first-order valence-electron chi connectivity index (χ1n) is 35.0. The second-order valence-corrected chi connectivity index (χ2v) is 44.8. The molecular weight excluding hydrogens is 1470 g/mol. The van der Waals surface area contributed by atoms with Crippen LogP contribution >= 0.6 is 23.2 Å². The normalized spacial score (nSPS) is 21.8. The Hall–Kier alpha value is -7.62. The molecule has 5 fully saturated rings. The van der Waals surface area contributed by atoms with E-state index in [1.807, 2.05) is 38.4 Å². The van der Waals surface area contributed by atoms with Crippen molar-refractivity contribution < 1.29 is 58.3 Å². The Labute approximate surface area is 625 Å². The Morgan fingerprint density at radius 1 is 0.590 bits per heavy atom. The van der Waals surface area contributed by atoms with Gasteiger partial charge in [-0.05, 0) is 144 Å². The van der Waals surface area contributed by atoms with Crippen molar-refractivity contribution in [2.45, 2.75) is 187 Å². The number of carboxylic acid groups (broad SMARTS) is 1. The van der Waals surface area contributed by atoms with Crippen molar-refractivity contribution in [3.63, 3.8) is 0 Å². The molecule has 3 N–H and O–H groups in total. The van der Waals surface area contributed by atoms with Gasteiger partial charge in [-0.1, -0.05) is 78.1 Å². The molecule has 4 saturated heterocycles. The van der Waals surface area contributed by atoms with Crippen LogP contribution in [0.4, 0.5) is 36.2 Å². The maximum absolute atomic E-state index is 13.9. The Kier molecular flexibility index (Phi) is 26.0. The van der Waals surface area contributed by atoms with E-state index < -0.39 is 48.8 Å². The number of hydrogen-bond donors (Lipinski definition) is 3. The van der Waals surface area contributed by atoms with Crippen molar-refractivity contribution in [1.82, 2.24) is 39.0 Å².